The summed E-state index contributed by atoms with van der Waals surface area (Å²) < 4.78 is 15.4. The Hall–Kier alpha value is -2.61. The molecule has 3 rings (SSSR count). The van der Waals surface area contributed by atoms with Crippen LogP contribution in [0.1, 0.15) is 34.4 Å². The fraction of sp³-hybridized carbons (Fsp3) is 0.438. The highest BCUT2D eigenvalue weighted by Gasteiger charge is 2.32. The minimum Gasteiger partial charge on any atom is -0.497 e. The highest BCUT2D eigenvalue weighted by Crippen LogP contribution is 2.30. The molecule has 1 unspecified atom stereocenters. The Morgan fingerprint density at radius 1 is 1.42 bits per heavy atom. The number of ether oxygens (including phenoxy) is 2. The second-order valence-electron chi connectivity index (χ2n) is 5.51. The van der Waals surface area contributed by atoms with Crippen LogP contribution < -0.4 is 9.47 Å². The Balaban J connectivity index is 1.74. The molecular weight excluding hydrogens is 314 g/mol. The summed E-state index contributed by atoms with van der Waals surface area (Å²) in [4.78, 5) is 18.6. The van der Waals surface area contributed by atoms with E-state index >= 15 is 0 Å². The zero-order valence-electron chi connectivity index (χ0n) is 13.6. The van der Waals surface area contributed by atoms with E-state index in [2.05, 4.69) is 10.1 Å². The zero-order chi connectivity index (χ0) is 17.1. The molecule has 8 heteroatoms. The molecule has 1 saturated heterocycles. The topological polar surface area (TPSA) is 97.9 Å². The van der Waals surface area contributed by atoms with Crippen molar-refractivity contribution in [2.45, 2.75) is 18.9 Å². The lowest BCUT2D eigenvalue weighted by Gasteiger charge is -2.18. The van der Waals surface area contributed by atoms with Gasteiger partial charge in [-0.25, -0.2) is 0 Å². The first-order chi connectivity index (χ1) is 11.7. The van der Waals surface area contributed by atoms with Crippen LogP contribution >= 0.6 is 0 Å². The van der Waals surface area contributed by atoms with Gasteiger partial charge in [0.15, 0.2) is 5.82 Å². The molecule has 0 saturated carbocycles. The fourth-order valence-electron chi connectivity index (χ4n) is 2.80. The van der Waals surface area contributed by atoms with Crippen molar-refractivity contribution in [2.24, 2.45) is 0 Å². The number of methoxy groups -OCH3 is 2. The van der Waals surface area contributed by atoms with E-state index in [9.17, 15) is 4.79 Å². The average Bonchev–Trinajstić information content (AvgIpc) is 3.29. The van der Waals surface area contributed by atoms with E-state index in [1.54, 1.807) is 30.2 Å². The summed E-state index contributed by atoms with van der Waals surface area (Å²) in [6.07, 6.45) is 0.745. The Kier molecular flexibility index (Phi) is 4.66. The second-order valence-corrected chi connectivity index (χ2v) is 5.51. The number of aliphatic hydroxyl groups excluding tert-OH is 1. The first-order valence-electron chi connectivity index (χ1n) is 7.61. The van der Waals surface area contributed by atoms with Crippen molar-refractivity contribution in [3.8, 4) is 11.5 Å². The number of benzene rings is 1. The standard InChI is InChI=1S/C16H19N3O5/c1-22-11-3-4-12(13(7-11)23-2)16(21)19-6-5-10(8-19)15-17-14(9-20)24-18-15/h3-4,7,10,20H,5-6,8-9H2,1-2H3. The van der Waals surface area contributed by atoms with Crippen molar-refractivity contribution >= 4 is 5.91 Å². The van der Waals surface area contributed by atoms with Crippen LogP contribution in [0.15, 0.2) is 22.7 Å². The summed E-state index contributed by atoms with van der Waals surface area (Å²) >= 11 is 0. The van der Waals surface area contributed by atoms with Crippen molar-refractivity contribution in [2.75, 3.05) is 27.3 Å². The summed E-state index contributed by atoms with van der Waals surface area (Å²) in [5, 5.41) is 12.9. The van der Waals surface area contributed by atoms with Crippen LogP contribution in [0.5, 0.6) is 11.5 Å². The number of hydrogen-bond acceptors (Lipinski definition) is 7. The molecule has 1 N–H and O–H groups in total. The van der Waals surface area contributed by atoms with Crippen LogP contribution in [-0.2, 0) is 6.61 Å². The number of carbonyl (C=O) groups excluding carboxylic acids is 1. The third kappa shape index (κ3) is 3.05. The summed E-state index contributed by atoms with van der Waals surface area (Å²) in [6.45, 7) is 0.811. The van der Waals surface area contributed by atoms with Gasteiger partial charge in [-0.2, -0.15) is 4.98 Å². The van der Waals surface area contributed by atoms with Crippen LogP contribution in [0, 0.1) is 0 Å². The van der Waals surface area contributed by atoms with Crippen LogP contribution in [-0.4, -0.2) is 53.4 Å². The number of aromatic nitrogens is 2. The van der Waals surface area contributed by atoms with E-state index in [1.165, 1.54) is 7.11 Å². The average molecular weight is 333 g/mol. The number of amides is 1. The van der Waals surface area contributed by atoms with Gasteiger partial charge >= 0.3 is 0 Å². The molecule has 1 fully saturated rings. The molecule has 0 spiro atoms. The van der Waals surface area contributed by atoms with Crippen LogP contribution in [0.25, 0.3) is 0 Å². The smallest absolute Gasteiger partial charge is 0.257 e. The van der Waals surface area contributed by atoms with Gasteiger partial charge in [0.1, 0.15) is 18.1 Å². The van der Waals surface area contributed by atoms with Gasteiger partial charge in [-0.3, -0.25) is 4.79 Å². The lowest BCUT2D eigenvalue weighted by molar-refractivity contribution is 0.0787. The van der Waals surface area contributed by atoms with Gasteiger partial charge in [-0.1, -0.05) is 5.16 Å². The van der Waals surface area contributed by atoms with Crippen molar-refractivity contribution < 1.29 is 23.9 Å². The number of likely N-dealkylation sites (tertiary alicyclic amines) is 1. The Morgan fingerprint density at radius 2 is 2.25 bits per heavy atom. The van der Waals surface area contributed by atoms with Gasteiger partial charge in [0.05, 0.1) is 19.8 Å². The van der Waals surface area contributed by atoms with E-state index < -0.39 is 0 Å². The minimum absolute atomic E-state index is 0.00208. The molecule has 1 aliphatic heterocycles. The molecule has 0 radical (unpaired) electrons. The summed E-state index contributed by atoms with van der Waals surface area (Å²) in [6, 6.07) is 5.12. The largest absolute Gasteiger partial charge is 0.497 e. The molecule has 8 nitrogen and oxygen atoms in total. The number of nitrogens with zero attached hydrogens (tertiary/aromatic N) is 3. The maximum atomic E-state index is 12.8. The predicted molar refractivity (Wildman–Crippen MR) is 83.0 cm³/mol. The Labute approximate surface area is 139 Å². The number of carbonyl (C=O) groups is 1. The van der Waals surface area contributed by atoms with Gasteiger partial charge in [0.25, 0.3) is 11.8 Å². The number of hydrogen-bond donors (Lipinski definition) is 1. The molecule has 1 aromatic carbocycles. The van der Waals surface area contributed by atoms with E-state index in [0.29, 0.717) is 36.0 Å². The molecule has 128 valence electrons. The maximum absolute atomic E-state index is 12.8. The second kappa shape index (κ2) is 6.88. The first-order valence-corrected chi connectivity index (χ1v) is 7.61. The molecule has 0 aliphatic carbocycles. The zero-order valence-corrected chi connectivity index (χ0v) is 13.6. The van der Waals surface area contributed by atoms with Crippen molar-refractivity contribution in [3.63, 3.8) is 0 Å². The van der Waals surface area contributed by atoms with Crippen molar-refractivity contribution in [1.82, 2.24) is 15.0 Å². The number of aliphatic hydroxyl groups is 1. The molecular formula is C16H19N3O5. The predicted octanol–water partition coefficient (Wildman–Crippen LogP) is 1.21. The molecule has 1 atom stereocenters. The summed E-state index contributed by atoms with van der Waals surface area (Å²) in [7, 11) is 3.08. The van der Waals surface area contributed by atoms with Gasteiger partial charge in [0, 0.05) is 25.1 Å². The first kappa shape index (κ1) is 16.3. The molecule has 2 aromatic rings. The number of rotatable bonds is 5. The molecule has 1 amide bonds. The normalized spacial score (nSPS) is 17.1. The SMILES string of the molecule is COc1ccc(C(=O)N2CCC(c3noc(CO)n3)C2)c(OC)c1. The quantitative estimate of drug-likeness (QED) is 0.878. The molecule has 1 aromatic heterocycles. The third-order valence-electron chi connectivity index (χ3n) is 4.10. The minimum atomic E-state index is -0.286. The van der Waals surface area contributed by atoms with Gasteiger partial charge in [-0.15, -0.1) is 0 Å². The molecule has 2 heterocycles. The molecule has 24 heavy (non-hydrogen) atoms. The molecule has 0 bridgehead atoms. The monoisotopic (exact) mass is 333 g/mol. The van der Waals surface area contributed by atoms with Crippen molar-refractivity contribution in [3.05, 3.63) is 35.5 Å². The van der Waals surface area contributed by atoms with E-state index in [4.69, 9.17) is 19.1 Å². The van der Waals surface area contributed by atoms with E-state index in [-0.39, 0.29) is 24.3 Å². The highest BCUT2D eigenvalue weighted by molar-refractivity contribution is 5.97. The summed E-state index contributed by atoms with van der Waals surface area (Å²) in [5.74, 6) is 1.71. The van der Waals surface area contributed by atoms with Gasteiger partial charge < -0.3 is 24.0 Å². The van der Waals surface area contributed by atoms with Gasteiger partial charge in [0.2, 0.25) is 0 Å². The third-order valence-corrected chi connectivity index (χ3v) is 4.10. The van der Waals surface area contributed by atoms with Crippen LogP contribution in [0.3, 0.4) is 0 Å². The molecule has 1 aliphatic rings. The van der Waals surface area contributed by atoms with Crippen molar-refractivity contribution in [1.29, 1.82) is 0 Å². The Morgan fingerprint density at radius 3 is 2.92 bits per heavy atom. The summed E-state index contributed by atoms with van der Waals surface area (Å²) in [5.41, 5.74) is 0.489. The van der Waals surface area contributed by atoms with Gasteiger partial charge in [-0.05, 0) is 18.6 Å². The Bertz CT molecular complexity index is 730. The highest BCUT2D eigenvalue weighted by atomic mass is 16.5. The van der Waals surface area contributed by atoms with Crippen LogP contribution in [0.2, 0.25) is 0 Å². The lowest BCUT2D eigenvalue weighted by atomic mass is 10.1. The fourth-order valence-corrected chi connectivity index (χ4v) is 2.80. The van der Waals surface area contributed by atoms with E-state index in [1.807, 2.05) is 0 Å². The maximum Gasteiger partial charge on any atom is 0.257 e. The van der Waals surface area contributed by atoms with E-state index in [0.717, 1.165) is 6.42 Å². The van der Waals surface area contributed by atoms with Crippen LogP contribution in [0.4, 0.5) is 0 Å². The lowest BCUT2D eigenvalue weighted by Crippen LogP contribution is -2.29.